The van der Waals surface area contributed by atoms with Crippen LogP contribution in [0, 0.1) is 17.8 Å². The van der Waals surface area contributed by atoms with Crippen LogP contribution in [0.15, 0.2) is 0 Å². The molecule has 2 amide bonds. The largest absolute Gasteiger partial charge is 0.312 e. The van der Waals surface area contributed by atoms with Gasteiger partial charge in [0, 0.05) is 19.6 Å². The zero-order valence-electron chi connectivity index (χ0n) is 8.19. The van der Waals surface area contributed by atoms with Crippen molar-refractivity contribution in [2.24, 2.45) is 17.8 Å². The third-order valence-electron chi connectivity index (χ3n) is 3.79. The van der Waals surface area contributed by atoms with Gasteiger partial charge in [0.2, 0.25) is 11.8 Å². The van der Waals surface area contributed by atoms with Crippen molar-refractivity contribution in [1.82, 2.24) is 10.2 Å². The van der Waals surface area contributed by atoms with Gasteiger partial charge in [-0.05, 0) is 18.8 Å². The van der Waals surface area contributed by atoms with E-state index in [0.29, 0.717) is 12.5 Å². The molecule has 14 heavy (non-hydrogen) atoms. The second-order valence-electron chi connectivity index (χ2n) is 4.64. The fourth-order valence-electron chi connectivity index (χ4n) is 2.83. The minimum Gasteiger partial charge on any atom is -0.312 e. The Morgan fingerprint density at radius 1 is 1.29 bits per heavy atom. The number of rotatable bonds is 1. The molecule has 76 valence electrons. The van der Waals surface area contributed by atoms with Crippen molar-refractivity contribution in [3.63, 3.8) is 0 Å². The highest BCUT2D eigenvalue weighted by Crippen LogP contribution is 2.43. The first-order chi connectivity index (χ1) is 6.70. The smallest absolute Gasteiger partial charge is 0.234 e. The summed E-state index contributed by atoms with van der Waals surface area (Å²) >= 11 is 0. The quantitative estimate of drug-likeness (QED) is 0.578. The van der Waals surface area contributed by atoms with Gasteiger partial charge >= 0.3 is 0 Å². The molecule has 0 aromatic carbocycles. The maximum absolute atomic E-state index is 11.8. The summed E-state index contributed by atoms with van der Waals surface area (Å²) in [4.78, 5) is 24.8. The number of likely N-dealkylation sites (tertiary alicyclic amines) is 1. The van der Waals surface area contributed by atoms with E-state index in [-0.39, 0.29) is 29.7 Å². The highest BCUT2D eigenvalue weighted by molar-refractivity contribution is 6.05. The van der Waals surface area contributed by atoms with Crippen molar-refractivity contribution in [3.05, 3.63) is 0 Å². The lowest BCUT2D eigenvalue weighted by Crippen LogP contribution is -2.37. The molecule has 3 aliphatic rings. The Labute approximate surface area is 82.6 Å². The number of nitrogens with one attached hydrogen (secondary N) is 1. The van der Waals surface area contributed by atoms with Crippen molar-refractivity contribution in [1.29, 1.82) is 0 Å². The Kier molecular flexibility index (Phi) is 1.54. The van der Waals surface area contributed by atoms with E-state index in [9.17, 15) is 9.59 Å². The summed E-state index contributed by atoms with van der Waals surface area (Å²) in [7, 11) is 1.60. The highest BCUT2D eigenvalue weighted by atomic mass is 16.2. The second-order valence-corrected chi connectivity index (χ2v) is 4.64. The maximum atomic E-state index is 11.8. The molecule has 2 saturated heterocycles. The maximum Gasteiger partial charge on any atom is 0.234 e. The van der Waals surface area contributed by atoms with Gasteiger partial charge in [0.05, 0.1) is 11.8 Å². The van der Waals surface area contributed by atoms with Crippen LogP contribution >= 0.6 is 0 Å². The summed E-state index contributed by atoms with van der Waals surface area (Å²) in [5, 5.41) is 3.33. The van der Waals surface area contributed by atoms with Crippen LogP contribution < -0.4 is 5.32 Å². The standard InChI is InChI=1S/C10H14N2O2/c1-12-9(13)6-4-11-8(5-2-3-5)7(6)10(12)14/h5-8,11H,2-4H2,1H3/t6-,7+,8+/m1/s1. The highest BCUT2D eigenvalue weighted by Gasteiger charge is 2.56. The molecule has 0 aromatic rings. The molecule has 3 rings (SSSR count). The molecule has 1 aliphatic carbocycles. The molecule has 0 spiro atoms. The number of fused-ring (bicyclic) bond motifs is 1. The Hall–Kier alpha value is -0.900. The molecule has 1 N–H and O–H groups in total. The van der Waals surface area contributed by atoms with Gasteiger partial charge in [-0.2, -0.15) is 0 Å². The average molecular weight is 194 g/mol. The van der Waals surface area contributed by atoms with Crippen LogP contribution in [0.3, 0.4) is 0 Å². The molecule has 0 bridgehead atoms. The predicted octanol–water partition coefficient (Wildman–Crippen LogP) is -0.401. The van der Waals surface area contributed by atoms with Gasteiger partial charge in [0.15, 0.2) is 0 Å². The van der Waals surface area contributed by atoms with E-state index in [2.05, 4.69) is 5.32 Å². The van der Waals surface area contributed by atoms with Gasteiger partial charge in [-0.25, -0.2) is 0 Å². The van der Waals surface area contributed by atoms with Crippen LogP contribution in [0.1, 0.15) is 12.8 Å². The normalized spacial score (nSPS) is 42.1. The molecule has 1 saturated carbocycles. The minimum absolute atomic E-state index is 0.00986. The number of carbonyl (C=O) groups excluding carboxylic acids is 2. The molecule has 0 radical (unpaired) electrons. The summed E-state index contributed by atoms with van der Waals surface area (Å²) in [5.74, 6) is 0.559. The van der Waals surface area contributed by atoms with Crippen molar-refractivity contribution in [2.45, 2.75) is 18.9 Å². The van der Waals surface area contributed by atoms with Crippen LogP contribution in [0.25, 0.3) is 0 Å². The SMILES string of the molecule is CN1C(=O)[C@H]2[C@@H](CN[C@H]2C2CC2)C1=O. The van der Waals surface area contributed by atoms with E-state index in [1.54, 1.807) is 7.05 Å². The van der Waals surface area contributed by atoms with E-state index in [1.807, 2.05) is 0 Å². The monoisotopic (exact) mass is 194 g/mol. The van der Waals surface area contributed by atoms with E-state index in [1.165, 1.54) is 17.7 Å². The average Bonchev–Trinajstić information content (AvgIpc) is 2.90. The molecule has 0 aromatic heterocycles. The number of hydrogen-bond donors (Lipinski definition) is 1. The van der Waals surface area contributed by atoms with Crippen LogP contribution in [0.5, 0.6) is 0 Å². The summed E-state index contributed by atoms with van der Waals surface area (Å²) < 4.78 is 0. The third kappa shape index (κ3) is 0.919. The molecule has 3 atom stereocenters. The number of amides is 2. The summed E-state index contributed by atoms with van der Waals surface area (Å²) in [6.07, 6.45) is 2.43. The summed E-state index contributed by atoms with van der Waals surface area (Å²) in [5.41, 5.74) is 0. The molecule has 0 unspecified atom stereocenters. The molecule has 4 nitrogen and oxygen atoms in total. The zero-order valence-corrected chi connectivity index (χ0v) is 8.19. The first-order valence-corrected chi connectivity index (χ1v) is 5.25. The number of hydrogen-bond acceptors (Lipinski definition) is 3. The fourth-order valence-corrected chi connectivity index (χ4v) is 2.83. The first-order valence-electron chi connectivity index (χ1n) is 5.25. The van der Waals surface area contributed by atoms with Crippen LogP contribution in [0.4, 0.5) is 0 Å². The minimum atomic E-state index is -0.0712. The molecule has 2 aliphatic heterocycles. The van der Waals surface area contributed by atoms with Crippen LogP contribution in [-0.2, 0) is 9.59 Å². The molecular formula is C10H14N2O2. The van der Waals surface area contributed by atoms with Crippen molar-refractivity contribution >= 4 is 11.8 Å². The van der Waals surface area contributed by atoms with E-state index in [4.69, 9.17) is 0 Å². The van der Waals surface area contributed by atoms with E-state index in [0.717, 1.165) is 0 Å². The predicted molar refractivity (Wildman–Crippen MR) is 49.3 cm³/mol. The number of nitrogens with zero attached hydrogens (tertiary/aromatic N) is 1. The lowest BCUT2D eigenvalue weighted by atomic mass is 9.91. The third-order valence-corrected chi connectivity index (χ3v) is 3.79. The van der Waals surface area contributed by atoms with Gasteiger partial charge < -0.3 is 5.32 Å². The Morgan fingerprint density at radius 2 is 2.00 bits per heavy atom. The number of carbonyl (C=O) groups is 2. The lowest BCUT2D eigenvalue weighted by Gasteiger charge is -2.16. The molecular weight excluding hydrogens is 180 g/mol. The molecule has 3 fully saturated rings. The van der Waals surface area contributed by atoms with Crippen LogP contribution in [0.2, 0.25) is 0 Å². The van der Waals surface area contributed by atoms with Crippen LogP contribution in [-0.4, -0.2) is 36.3 Å². The summed E-state index contributed by atoms with van der Waals surface area (Å²) in [6.45, 7) is 0.695. The van der Waals surface area contributed by atoms with Crippen molar-refractivity contribution in [3.8, 4) is 0 Å². The topological polar surface area (TPSA) is 49.4 Å². The van der Waals surface area contributed by atoms with Gasteiger partial charge in [-0.15, -0.1) is 0 Å². The Bertz CT molecular complexity index is 311. The van der Waals surface area contributed by atoms with Crippen molar-refractivity contribution in [2.75, 3.05) is 13.6 Å². The first kappa shape index (κ1) is 8.41. The summed E-state index contributed by atoms with van der Waals surface area (Å²) in [6, 6.07) is 0.279. The van der Waals surface area contributed by atoms with Gasteiger partial charge in [-0.3, -0.25) is 14.5 Å². The van der Waals surface area contributed by atoms with E-state index < -0.39 is 0 Å². The Balaban J connectivity index is 1.90. The van der Waals surface area contributed by atoms with E-state index >= 15 is 0 Å². The van der Waals surface area contributed by atoms with Gasteiger partial charge in [-0.1, -0.05) is 0 Å². The van der Waals surface area contributed by atoms with Gasteiger partial charge in [0.25, 0.3) is 0 Å². The fraction of sp³-hybridized carbons (Fsp3) is 0.800. The zero-order chi connectivity index (χ0) is 9.87. The Morgan fingerprint density at radius 3 is 2.64 bits per heavy atom. The van der Waals surface area contributed by atoms with Crippen molar-refractivity contribution < 1.29 is 9.59 Å². The van der Waals surface area contributed by atoms with Gasteiger partial charge in [0.1, 0.15) is 0 Å². The lowest BCUT2D eigenvalue weighted by molar-refractivity contribution is -0.138. The molecule has 4 heteroatoms. The molecule has 2 heterocycles. The second kappa shape index (κ2) is 2.57. The number of imide groups is 1.